The maximum absolute atomic E-state index is 5.31. The molecule has 2 aromatic rings. The lowest BCUT2D eigenvalue weighted by Gasteiger charge is -2.30. The lowest BCUT2D eigenvalue weighted by molar-refractivity contribution is 0.190. The quantitative estimate of drug-likeness (QED) is 0.841. The molecule has 102 valence electrons. The van der Waals surface area contributed by atoms with E-state index < -0.39 is 0 Å². The van der Waals surface area contributed by atoms with Gasteiger partial charge in [0, 0.05) is 45.0 Å². The lowest BCUT2D eigenvalue weighted by Crippen LogP contribution is -2.44. The molecule has 1 unspecified atom stereocenters. The van der Waals surface area contributed by atoms with Crippen molar-refractivity contribution in [1.82, 2.24) is 30.1 Å². The number of nitrogens with zero attached hydrogens (tertiary/aromatic N) is 5. The molecule has 1 saturated heterocycles. The molecule has 0 amide bonds. The van der Waals surface area contributed by atoms with E-state index in [4.69, 9.17) is 4.52 Å². The van der Waals surface area contributed by atoms with Gasteiger partial charge in [0.05, 0.1) is 6.04 Å². The second kappa shape index (κ2) is 5.50. The van der Waals surface area contributed by atoms with E-state index in [1.54, 1.807) is 6.20 Å². The molecular formula is C12H18N6O. The van der Waals surface area contributed by atoms with Crippen molar-refractivity contribution >= 4 is 0 Å². The smallest absolute Gasteiger partial charge is 0.228 e. The summed E-state index contributed by atoms with van der Waals surface area (Å²) in [6, 6.07) is 2.11. The fourth-order valence-corrected chi connectivity index (χ4v) is 2.24. The van der Waals surface area contributed by atoms with E-state index in [-0.39, 0.29) is 6.04 Å². The molecule has 1 aliphatic rings. The van der Waals surface area contributed by atoms with Crippen LogP contribution in [0.2, 0.25) is 0 Å². The highest BCUT2D eigenvalue weighted by atomic mass is 16.5. The summed E-state index contributed by atoms with van der Waals surface area (Å²) in [5.41, 5.74) is 0. The number of nitrogens with one attached hydrogen (secondary N) is 1. The van der Waals surface area contributed by atoms with Gasteiger partial charge in [-0.3, -0.25) is 9.58 Å². The van der Waals surface area contributed by atoms with E-state index in [0.29, 0.717) is 12.3 Å². The standard InChI is InChI=1S/C12H18N6O/c1-17-8-5-13-9-10(17)12-15-11(19-16-12)3-7-18-6-2-4-14-18/h2,4,6,10,13H,3,5,7-9H2,1H3. The van der Waals surface area contributed by atoms with Crippen LogP contribution in [0, 0.1) is 0 Å². The summed E-state index contributed by atoms with van der Waals surface area (Å²) in [5.74, 6) is 1.44. The molecule has 19 heavy (non-hydrogen) atoms. The van der Waals surface area contributed by atoms with E-state index in [2.05, 4.69) is 32.5 Å². The normalized spacial score (nSPS) is 20.8. The van der Waals surface area contributed by atoms with Gasteiger partial charge in [0.25, 0.3) is 0 Å². The van der Waals surface area contributed by atoms with Crippen LogP contribution < -0.4 is 5.32 Å². The van der Waals surface area contributed by atoms with Crippen molar-refractivity contribution in [3.05, 3.63) is 30.2 Å². The van der Waals surface area contributed by atoms with Crippen LogP contribution in [0.4, 0.5) is 0 Å². The first-order valence-electron chi connectivity index (χ1n) is 6.54. The van der Waals surface area contributed by atoms with Crippen LogP contribution in [0.1, 0.15) is 17.8 Å². The van der Waals surface area contributed by atoms with Gasteiger partial charge in [0.2, 0.25) is 5.89 Å². The van der Waals surface area contributed by atoms with Gasteiger partial charge < -0.3 is 9.84 Å². The molecule has 1 aliphatic heterocycles. The highest BCUT2D eigenvalue weighted by Crippen LogP contribution is 2.17. The Morgan fingerprint density at radius 1 is 1.53 bits per heavy atom. The molecule has 7 nitrogen and oxygen atoms in total. The molecule has 0 aromatic carbocycles. The largest absolute Gasteiger partial charge is 0.339 e. The Balaban J connectivity index is 1.62. The molecular weight excluding hydrogens is 244 g/mol. The summed E-state index contributed by atoms with van der Waals surface area (Å²) in [7, 11) is 2.09. The van der Waals surface area contributed by atoms with Crippen molar-refractivity contribution in [1.29, 1.82) is 0 Å². The first-order valence-corrected chi connectivity index (χ1v) is 6.54. The van der Waals surface area contributed by atoms with Crippen LogP contribution in [0.3, 0.4) is 0 Å². The third-order valence-corrected chi connectivity index (χ3v) is 3.41. The summed E-state index contributed by atoms with van der Waals surface area (Å²) in [4.78, 5) is 6.73. The van der Waals surface area contributed by atoms with Crippen LogP contribution in [0.25, 0.3) is 0 Å². The van der Waals surface area contributed by atoms with Crippen molar-refractivity contribution < 1.29 is 4.52 Å². The van der Waals surface area contributed by atoms with Crippen LogP contribution in [0.5, 0.6) is 0 Å². The lowest BCUT2D eigenvalue weighted by atomic mass is 10.2. The SMILES string of the molecule is CN1CCNCC1c1noc(CCn2cccn2)n1. The van der Waals surface area contributed by atoms with Crippen molar-refractivity contribution in [3.8, 4) is 0 Å². The maximum Gasteiger partial charge on any atom is 0.228 e. The van der Waals surface area contributed by atoms with Gasteiger partial charge in [-0.1, -0.05) is 5.16 Å². The molecule has 3 heterocycles. The second-order valence-electron chi connectivity index (χ2n) is 4.77. The zero-order valence-electron chi connectivity index (χ0n) is 11.0. The average Bonchev–Trinajstić information content (AvgIpc) is 3.08. The van der Waals surface area contributed by atoms with Gasteiger partial charge in [0.15, 0.2) is 5.82 Å². The van der Waals surface area contributed by atoms with Crippen LogP contribution in [0.15, 0.2) is 23.0 Å². The van der Waals surface area contributed by atoms with Gasteiger partial charge in [-0.2, -0.15) is 10.1 Å². The number of aryl methyl sites for hydroxylation is 2. The molecule has 0 bridgehead atoms. The summed E-state index contributed by atoms with van der Waals surface area (Å²) in [6.07, 6.45) is 4.40. The molecule has 0 saturated carbocycles. The maximum atomic E-state index is 5.31. The Bertz CT molecular complexity index is 508. The highest BCUT2D eigenvalue weighted by molar-refractivity contribution is 4.97. The fraction of sp³-hybridized carbons (Fsp3) is 0.583. The predicted octanol–water partition coefficient (Wildman–Crippen LogP) is 0.0849. The number of aromatic nitrogens is 4. The summed E-state index contributed by atoms with van der Waals surface area (Å²) >= 11 is 0. The molecule has 1 fully saturated rings. The van der Waals surface area contributed by atoms with Gasteiger partial charge in [0.1, 0.15) is 0 Å². The molecule has 1 N–H and O–H groups in total. The first-order chi connectivity index (χ1) is 9.33. The van der Waals surface area contributed by atoms with Crippen molar-refractivity contribution in [2.45, 2.75) is 19.0 Å². The number of rotatable bonds is 4. The minimum atomic E-state index is 0.205. The Labute approximate surface area is 111 Å². The minimum Gasteiger partial charge on any atom is -0.339 e. The Hall–Kier alpha value is -1.73. The predicted molar refractivity (Wildman–Crippen MR) is 68.5 cm³/mol. The minimum absolute atomic E-state index is 0.205. The Kier molecular flexibility index (Phi) is 3.56. The monoisotopic (exact) mass is 262 g/mol. The van der Waals surface area contributed by atoms with Gasteiger partial charge in [-0.05, 0) is 13.1 Å². The molecule has 0 radical (unpaired) electrons. The number of hydrogen-bond acceptors (Lipinski definition) is 6. The molecule has 7 heteroatoms. The van der Waals surface area contributed by atoms with E-state index in [1.807, 2.05) is 16.9 Å². The van der Waals surface area contributed by atoms with Crippen molar-refractivity contribution in [2.75, 3.05) is 26.7 Å². The number of piperazine rings is 1. The van der Waals surface area contributed by atoms with Gasteiger partial charge in [-0.25, -0.2) is 0 Å². The molecule has 3 rings (SSSR count). The van der Waals surface area contributed by atoms with Crippen LogP contribution in [-0.2, 0) is 13.0 Å². The third kappa shape index (κ3) is 2.82. The Morgan fingerprint density at radius 2 is 2.47 bits per heavy atom. The topological polar surface area (TPSA) is 72.0 Å². The summed E-state index contributed by atoms with van der Waals surface area (Å²) in [5, 5.41) is 11.6. The Morgan fingerprint density at radius 3 is 3.26 bits per heavy atom. The summed E-state index contributed by atoms with van der Waals surface area (Å²) < 4.78 is 7.17. The highest BCUT2D eigenvalue weighted by Gasteiger charge is 2.25. The fourth-order valence-electron chi connectivity index (χ4n) is 2.24. The third-order valence-electron chi connectivity index (χ3n) is 3.41. The first kappa shape index (κ1) is 12.3. The number of hydrogen-bond donors (Lipinski definition) is 1. The van der Waals surface area contributed by atoms with E-state index in [9.17, 15) is 0 Å². The molecule has 0 spiro atoms. The zero-order chi connectivity index (χ0) is 13.1. The second-order valence-corrected chi connectivity index (χ2v) is 4.77. The van der Waals surface area contributed by atoms with E-state index in [0.717, 1.165) is 32.0 Å². The van der Waals surface area contributed by atoms with E-state index >= 15 is 0 Å². The molecule has 2 aromatic heterocycles. The summed E-state index contributed by atoms with van der Waals surface area (Å²) in [6.45, 7) is 3.64. The zero-order valence-corrected chi connectivity index (χ0v) is 11.0. The van der Waals surface area contributed by atoms with Crippen LogP contribution >= 0.6 is 0 Å². The number of likely N-dealkylation sites (N-methyl/N-ethyl adjacent to an activating group) is 1. The van der Waals surface area contributed by atoms with Gasteiger partial charge in [-0.15, -0.1) is 0 Å². The molecule has 0 aliphatic carbocycles. The average molecular weight is 262 g/mol. The van der Waals surface area contributed by atoms with E-state index in [1.165, 1.54) is 0 Å². The van der Waals surface area contributed by atoms with Crippen molar-refractivity contribution in [2.24, 2.45) is 0 Å². The van der Waals surface area contributed by atoms with Crippen molar-refractivity contribution in [3.63, 3.8) is 0 Å². The molecule has 1 atom stereocenters. The van der Waals surface area contributed by atoms with Crippen LogP contribution in [-0.4, -0.2) is 51.5 Å². The van der Waals surface area contributed by atoms with Gasteiger partial charge >= 0.3 is 0 Å².